The van der Waals surface area contributed by atoms with E-state index in [4.69, 9.17) is 4.52 Å². The highest BCUT2D eigenvalue weighted by Gasteiger charge is 2.32. The molecule has 182 valence electrons. The summed E-state index contributed by atoms with van der Waals surface area (Å²) >= 11 is 0. The summed E-state index contributed by atoms with van der Waals surface area (Å²) in [5.74, 6) is 0.867. The summed E-state index contributed by atoms with van der Waals surface area (Å²) in [5, 5.41) is 7.96. The van der Waals surface area contributed by atoms with Gasteiger partial charge in [0.1, 0.15) is 12.1 Å². The molecule has 2 heterocycles. The van der Waals surface area contributed by atoms with E-state index in [-0.39, 0.29) is 11.7 Å². The Morgan fingerprint density at radius 1 is 1.08 bits per heavy atom. The fourth-order valence-corrected chi connectivity index (χ4v) is 5.67. The molecule has 0 bridgehead atoms. The van der Waals surface area contributed by atoms with Crippen LogP contribution in [0, 0.1) is 25.6 Å². The molecule has 1 saturated carbocycles. The minimum Gasteiger partial charge on any atom is -0.334 e. The highest BCUT2D eigenvalue weighted by atomic mass is 19.1. The minimum absolute atomic E-state index is 0.221. The van der Waals surface area contributed by atoms with E-state index in [2.05, 4.69) is 32.6 Å². The van der Waals surface area contributed by atoms with Gasteiger partial charge in [0.15, 0.2) is 0 Å². The SMILES string of the molecule is Cc1cc(-c2nc(-c3ccc4c(c3)CCC4N[C@H]3C[C@H](C=O)C3)no2)cc(C)c1-c1ccncc1F. The maximum Gasteiger partial charge on any atom is 0.258 e. The molecule has 2 aliphatic carbocycles. The molecule has 2 aromatic heterocycles. The highest BCUT2D eigenvalue weighted by molar-refractivity contribution is 5.75. The molecule has 1 unspecified atom stereocenters. The van der Waals surface area contributed by atoms with Gasteiger partial charge in [-0.15, -0.1) is 0 Å². The number of carbonyl (C=O) groups excluding carboxylic acids is 1. The molecule has 0 saturated heterocycles. The van der Waals surface area contributed by atoms with Crippen LogP contribution in [-0.4, -0.2) is 27.5 Å². The number of aromatic nitrogens is 3. The van der Waals surface area contributed by atoms with Gasteiger partial charge in [-0.25, -0.2) is 4.39 Å². The van der Waals surface area contributed by atoms with E-state index in [1.54, 1.807) is 12.3 Å². The standard InChI is InChI=1S/C29H27FN4O2/c1-16-9-21(10-17(2)27(16)24-7-8-31-14-25(24)30)29-33-28(34-36-29)20-3-5-23-19(13-20)4-6-26(23)32-22-11-18(12-22)15-35/h3,5,7-10,13-15,18,22,26,32H,4,6,11-12H2,1-2H3/t18-,22-,26?. The summed E-state index contributed by atoms with van der Waals surface area (Å²) in [6, 6.07) is 12.7. The number of carbonyl (C=O) groups is 1. The zero-order chi connectivity index (χ0) is 24.8. The smallest absolute Gasteiger partial charge is 0.258 e. The van der Waals surface area contributed by atoms with E-state index in [1.165, 1.54) is 17.3 Å². The van der Waals surface area contributed by atoms with Crippen LogP contribution in [0.4, 0.5) is 4.39 Å². The predicted octanol–water partition coefficient (Wildman–Crippen LogP) is 5.78. The predicted molar refractivity (Wildman–Crippen MR) is 135 cm³/mol. The van der Waals surface area contributed by atoms with Crippen LogP contribution in [0.3, 0.4) is 0 Å². The molecule has 7 heteroatoms. The maximum absolute atomic E-state index is 14.4. The van der Waals surface area contributed by atoms with Gasteiger partial charge in [0, 0.05) is 40.9 Å². The van der Waals surface area contributed by atoms with Gasteiger partial charge in [0.05, 0.1) is 6.20 Å². The minimum atomic E-state index is -0.344. The van der Waals surface area contributed by atoms with Gasteiger partial charge in [-0.2, -0.15) is 4.98 Å². The van der Waals surface area contributed by atoms with Gasteiger partial charge in [-0.1, -0.05) is 17.3 Å². The molecule has 0 spiro atoms. The Morgan fingerprint density at radius 3 is 2.64 bits per heavy atom. The first-order valence-electron chi connectivity index (χ1n) is 12.4. The van der Waals surface area contributed by atoms with E-state index < -0.39 is 0 Å². The zero-order valence-corrected chi connectivity index (χ0v) is 20.3. The van der Waals surface area contributed by atoms with Crippen molar-refractivity contribution in [2.75, 3.05) is 0 Å². The number of rotatable bonds is 6. The van der Waals surface area contributed by atoms with Crippen LogP contribution in [0.15, 0.2) is 53.3 Å². The van der Waals surface area contributed by atoms with Crippen molar-refractivity contribution in [2.24, 2.45) is 5.92 Å². The Morgan fingerprint density at radius 2 is 1.89 bits per heavy atom. The summed E-state index contributed by atoms with van der Waals surface area (Å²) in [6.07, 6.45) is 7.84. The van der Waals surface area contributed by atoms with Crippen LogP contribution in [0.1, 0.15) is 47.6 Å². The molecule has 1 N–H and O–H groups in total. The second-order valence-electron chi connectivity index (χ2n) is 10.00. The number of hydrogen-bond donors (Lipinski definition) is 1. The second-order valence-corrected chi connectivity index (χ2v) is 10.00. The van der Waals surface area contributed by atoms with Crippen molar-refractivity contribution in [3.63, 3.8) is 0 Å². The lowest BCUT2D eigenvalue weighted by atomic mass is 9.81. The number of aryl methyl sites for hydroxylation is 3. The monoisotopic (exact) mass is 482 g/mol. The topological polar surface area (TPSA) is 80.9 Å². The van der Waals surface area contributed by atoms with Gasteiger partial charge in [0.25, 0.3) is 5.89 Å². The van der Waals surface area contributed by atoms with E-state index in [1.807, 2.05) is 32.0 Å². The number of nitrogens with one attached hydrogen (secondary N) is 1. The van der Waals surface area contributed by atoms with E-state index in [0.29, 0.717) is 29.4 Å². The van der Waals surface area contributed by atoms with Crippen LogP contribution in [0.2, 0.25) is 0 Å². The summed E-state index contributed by atoms with van der Waals surface area (Å²) in [4.78, 5) is 19.4. The first-order valence-corrected chi connectivity index (χ1v) is 12.4. The van der Waals surface area contributed by atoms with Gasteiger partial charge in [-0.3, -0.25) is 4.98 Å². The molecule has 6 nitrogen and oxygen atoms in total. The molecule has 4 aromatic rings. The molecule has 0 amide bonds. The lowest BCUT2D eigenvalue weighted by Crippen LogP contribution is -2.43. The lowest BCUT2D eigenvalue weighted by molar-refractivity contribution is -0.113. The van der Waals surface area contributed by atoms with Gasteiger partial charge in [-0.05, 0) is 91.6 Å². The summed E-state index contributed by atoms with van der Waals surface area (Å²) in [5.41, 5.74) is 7.60. The van der Waals surface area contributed by atoms with Crippen LogP contribution >= 0.6 is 0 Å². The van der Waals surface area contributed by atoms with E-state index in [9.17, 15) is 9.18 Å². The third-order valence-electron chi connectivity index (χ3n) is 7.53. The number of hydrogen-bond acceptors (Lipinski definition) is 6. The van der Waals surface area contributed by atoms with Gasteiger partial charge < -0.3 is 14.6 Å². The van der Waals surface area contributed by atoms with E-state index in [0.717, 1.165) is 59.8 Å². The first kappa shape index (κ1) is 22.7. The molecule has 36 heavy (non-hydrogen) atoms. The van der Waals surface area contributed by atoms with Crippen molar-refractivity contribution in [1.82, 2.24) is 20.4 Å². The highest BCUT2D eigenvalue weighted by Crippen LogP contribution is 2.37. The summed E-state index contributed by atoms with van der Waals surface area (Å²) in [7, 11) is 0. The fraction of sp³-hybridized carbons (Fsp3) is 0.310. The average molecular weight is 483 g/mol. The van der Waals surface area contributed by atoms with E-state index >= 15 is 0 Å². The quantitative estimate of drug-likeness (QED) is 0.351. The Labute approximate surface area is 209 Å². The zero-order valence-electron chi connectivity index (χ0n) is 20.3. The Hall–Kier alpha value is -3.71. The van der Waals surface area contributed by atoms with Crippen LogP contribution in [-0.2, 0) is 11.2 Å². The van der Waals surface area contributed by atoms with Crippen molar-refractivity contribution in [3.05, 3.63) is 76.9 Å². The van der Waals surface area contributed by atoms with Crippen LogP contribution < -0.4 is 5.32 Å². The van der Waals surface area contributed by atoms with Gasteiger partial charge >= 0.3 is 0 Å². The van der Waals surface area contributed by atoms with Crippen molar-refractivity contribution < 1.29 is 13.7 Å². The number of fused-ring (bicyclic) bond motifs is 1. The molecule has 6 rings (SSSR count). The molecule has 1 fully saturated rings. The molecular weight excluding hydrogens is 455 g/mol. The number of benzene rings is 2. The second kappa shape index (κ2) is 9.06. The molecule has 0 radical (unpaired) electrons. The third kappa shape index (κ3) is 4.03. The number of halogens is 1. The largest absolute Gasteiger partial charge is 0.334 e. The Balaban J connectivity index is 1.23. The molecule has 1 atom stereocenters. The maximum atomic E-state index is 14.4. The van der Waals surface area contributed by atoms with Crippen LogP contribution in [0.5, 0.6) is 0 Å². The Bertz CT molecular complexity index is 1430. The first-order chi connectivity index (χ1) is 17.5. The van der Waals surface area contributed by atoms with Crippen molar-refractivity contribution in [2.45, 2.75) is 51.6 Å². The Kier molecular flexibility index (Phi) is 5.72. The van der Waals surface area contributed by atoms with Crippen molar-refractivity contribution in [3.8, 4) is 34.0 Å². The average Bonchev–Trinajstić information content (AvgIpc) is 3.49. The van der Waals surface area contributed by atoms with Crippen molar-refractivity contribution in [1.29, 1.82) is 0 Å². The molecule has 2 aromatic carbocycles. The third-order valence-corrected chi connectivity index (χ3v) is 7.53. The number of nitrogens with zero attached hydrogens (tertiary/aromatic N) is 3. The molecular formula is C29H27FN4O2. The fourth-order valence-electron chi connectivity index (χ4n) is 5.67. The molecule has 0 aliphatic heterocycles. The van der Waals surface area contributed by atoms with Crippen molar-refractivity contribution >= 4 is 6.29 Å². The normalized spacial score (nSPS) is 20.7. The molecule has 2 aliphatic rings. The number of aldehydes is 1. The number of pyridine rings is 1. The van der Waals surface area contributed by atoms with Gasteiger partial charge in [0.2, 0.25) is 5.82 Å². The lowest BCUT2D eigenvalue weighted by Gasteiger charge is -2.35. The summed E-state index contributed by atoms with van der Waals surface area (Å²) in [6.45, 7) is 3.91. The van der Waals surface area contributed by atoms with Crippen LogP contribution in [0.25, 0.3) is 34.0 Å². The summed E-state index contributed by atoms with van der Waals surface area (Å²) < 4.78 is 20.0.